The van der Waals surface area contributed by atoms with E-state index in [2.05, 4.69) is 6.92 Å². The summed E-state index contributed by atoms with van der Waals surface area (Å²) in [5.41, 5.74) is 0. The highest BCUT2D eigenvalue weighted by Gasteiger charge is 2.53. The molecular formula is C22H41NO6. The molecule has 3 unspecified atom stereocenters. The van der Waals surface area contributed by atoms with E-state index in [0.29, 0.717) is 6.42 Å². The third kappa shape index (κ3) is 7.61. The van der Waals surface area contributed by atoms with Gasteiger partial charge in [-0.05, 0) is 12.8 Å². The van der Waals surface area contributed by atoms with Crippen molar-refractivity contribution in [3.63, 3.8) is 0 Å². The lowest BCUT2D eigenvalue weighted by Crippen LogP contribution is -2.73. The molecule has 0 bridgehead atoms. The Hall–Kier alpha value is -1.63. The number of hydrogen-bond acceptors (Lipinski definition) is 4. The number of hydrogen-bond donors (Lipinski definition) is 2. The maximum Gasteiger partial charge on any atom is 0.362 e. The number of aliphatic carboxylic acids is 3. The molecule has 0 saturated heterocycles. The lowest BCUT2D eigenvalue weighted by atomic mass is 9.93. The lowest BCUT2D eigenvalue weighted by Gasteiger charge is -2.51. The van der Waals surface area contributed by atoms with Crippen LogP contribution in [0.15, 0.2) is 0 Å². The van der Waals surface area contributed by atoms with Crippen LogP contribution in [0.5, 0.6) is 0 Å². The molecule has 0 saturated carbocycles. The van der Waals surface area contributed by atoms with Gasteiger partial charge in [-0.15, -0.1) is 0 Å². The van der Waals surface area contributed by atoms with Crippen LogP contribution >= 0.6 is 0 Å². The Bertz CT molecular complexity index is 452. The van der Waals surface area contributed by atoms with Crippen LogP contribution in [0.2, 0.25) is 0 Å². The molecule has 7 nitrogen and oxygen atoms in total. The van der Waals surface area contributed by atoms with E-state index in [4.69, 9.17) is 0 Å². The first-order chi connectivity index (χ1) is 13.7. The summed E-state index contributed by atoms with van der Waals surface area (Å²) in [6.45, 7) is 7.39. The zero-order valence-corrected chi connectivity index (χ0v) is 18.7. The Labute approximate surface area is 175 Å². The predicted molar refractivity (Wildman–Crippen MR) is 110 cm³/mol. The van der Waals surface area contributed by atoms with Gasteiger partial charge in [-0.3, -0.25) is 4.48 Å². The molecule has 170 valence electrons. The third-order valence-electron chi connectivity index (χ3n) is 6.14. The number of quaternary nitrogens is 1. The van der Waals surface area contributed by atoms with E-state index in [1.165, 1.54) is 19.3 Å². The van der Waals surface area contributed by atoms with E-state index >= 15 is 0 Å². The first-order valence-corrected chi connectivity index (χ1v) is 11.3. The highest BCUT2D eigenvalue weighted by Crippen LogP contribution is 2.32. The Kier molecular flexibility index (Phi) is 13.6. The number of rotatable bonds is 18. The zero-order valence-electron chi connectivity index (χ0n) is 18.7. The molecule has 0 aromatic carbocycles. The average Bonchev–Trinajstić information content (AvgIpc) is 2.64. The van der Waals surface area contributed by atoms with E-state index in [1.807, 2.05) is 0 Å². The van der Waals surface area contributed by atoms with Gasteiger partial charge in [0.15, 0.2) is 12.1 Å². The quantitative estimate of drug-likeness (QED) is 0.262. The molecule has 0 spiro atoms. The summed E-state index contributed by atoms with van der Waals surface area (Å²) < 4.78 is -0.466. The van der Waals surface area contributed by atoms with Gasteiger partial charge < -0.3 is 20.1 Å². The standard InChI is InChI=1S/C22H41NO6/c1-5-9-10-11-12-13-14-15-16-23(17(6-2)20(24)25,18(7-3)21(26)27)19(8-4)22(28)29/h17-19H,5-16H2,1-4H3,(H2-,24,25,26,27,28,29). The first kappa shape index (κ1) is 27.4. The fourth-order valence-electron chi connectivity index (χ4n) is 4.78. The maximum absolute atomic E-state index is 12.1. The Morgan fingerprint density at radius 2 is 1.07 bits per heavy atom. The monoisotopic (exact) mass is 415 g/mol. The van der Waals surface area contributed by atoms with Crippen molar-refractivity contribution in [3.8, 4) is 0 Å². The molecule has 0 heterocycles. The lowest BCUT2D eigenvalue weighted by molar-refractivity contribution is -0.974. The number of carboxylic acid groups (broad SMARTS) is 3. The van der Waals surface area contributed by atoms with Gasteiger partial charge in [0.05, 0.1) is 12.5 Å². The number of carboxylic acids is 3. The van der Waals surface area contributed by atoms with Crippen LogP contribution in [0.4, 0.5) is 0 Å². The molecule has 0 rings (SSSR count). The largest absolute Gasteiger partial charge is 0.544 e. The molecule has 0 aliphatic heterocycles. The summed E-state index contributed by atoms with van der Waals surface area (Å²) in [5.74, 6) is -3.66. The van der Waals surface area contributed by atoms with Gasteiger partial charge in [-0.2, -0.15) is 0 Å². The first-order valence-electron chi connectivity index (χ1n) is 11.3. The van der Waals surface area contributed by atoms with Gasteiger partial charge in [0.1, 0.15) is 6.04 Å². The van der Waals surface area contributed by atoms with Crippen molar-refractivity contribution in [2.24, 2.45) is 0 Å². The number of carbonyl (C=O) groups is 3. The van der Waals surface area contributed by atoms with E-state index in [1.54, 1.807) is 20.8 Å². The number of unbranched alkanes of at least 4 members (excludes halogenated alkanes) is 7. The fraction of sp³-hybridized carbons (Fsp3) is 0.864. The highest BCUT2D eigenvalue weighted by molar-refractivity contribution is 5.77. The van der Waals surface area contributed by atoms with Crippen molar-refractivity contribution < 1.29 is 34.2 Å². The Morgan fingerprint density at radius 1 is 0.690 bits per heavy atom. The van der Waals surface area contributed by atoms with Crippen LogP contribution in [0.1, 0.15) is 98.3 Å². The van der Waals surface area contributed by atoms with Crippen molar-refractivity contribution in [3.05, 3.63) is 0 Å². The molecule has 0 aliphatic rings. The summed E-state index contributed by atoms with van der Waals surface area (Å²) in [6.07, 6.45) is 8.74. The minimum atomic E-state index is -1.37. The minimum absolute atomic E-state index is 0.132. The van der Waals surface area contributed by atoms with Crippen LogP contribution in [-0.2, 0) is 14.4 Å². The molecule has 0 aromatic heterocycles. The third-order valence-corrected chi connectivity index (χ3v) is 6.14. The molecule has 0 radical (unpaired) electrons. The second kappa shape index (κ2) is 14.4. The number of carbonyl (C=O) groups excluding carboxylic acids is 1. The van der Waals surface area contributed by atoms with Crippen molar-refractivity contribution in [2.45, 2.75) is 116 Å². The maximum atomic E-state index is 12.1. The molecular weight excluding hydrogens is 374 g/mol. The molecule has 0 aromatic rings. The molecule has 0 aliphatic carbocycles. The number of nitrogens with zero attached hydrogens (tertiary/aromatic N) is 1. The van der Waals surface area contributed by atoms with Crippen molar-refractivity contribution >= 4 is 17.9 Å². The van der Waals surface area contributed by atoms with Crippen LogP contribution < -0.4 is 5.11 Å². The van der Waals surface area contributed by atoms with Crippen molar-refractivity contribution in [1.82, 2.24) is 0 Å². The molecule has 0 fully saturated rings. The summed E-state index contributed by atoms with van der Waals surface area (Å²) in [7, 11) is 0. The topological polar surface area (TPSA) is 115 Å². The van der Waals surface area contributed by atoms with Gasteiger partial charge in [-0.25, -0.2) is 9.59 Å². The normalized spacial score (nSPS) is 16.6. The summed E-state index contributed by atoms with van der Waals surface area (Å²) in [5, 5.41) is 31.7. The second-order valence-electron chi connectivity index (χ2n) is 7.96. The second-order valence-corrected chi connectivity index (χ2v) is 7.96. The van der Waals surface area contributed by atoms with Gasteiger partial charge in [0, 0.05) is 19.3 Å². The van der Waals surface area contributed by atoms with E-state index in [0.717, 1.165) is 25.7 Å². The van der Waals surface area contributed by atoms with Crippen LogP contribution in [-0.4, -0.2) is 57.3 Å². The van der Waals surface area contributed by atoms with Gasteiger partial charge >= 0.3 is 11.9 Å². The average molecular weight is 416 g/mol. The van der Waals surface area contributed by atoms with Gasteiger partial charge in [0.25, 0.3) is 0 Å². The van der Waals surface area contributed by atoms with Crippen LogP contribution in [0.25, 0.3) is 0 Å². The van der Waals surface area contributed by atoms with Crippen LogP contribution in [0.3, 0.4) is 0 Å². The van der Waals surface area contributed by atoms with Crippen LogP contribution in [0, 0.1) is 0 Å². The Balaban J connectivity index is 5.71. The van der Waals surface area contributed by atoms with Gasteiger partial charge in [-0.1, -0.05) is 66.2 Å². The summed E-state index contributed by atoms with van der Waals surface area (Å²) in [6, 6.07) is -3.35. The Morgan fingerprint density at radius 3 is 1.38 bits per heavy atom. The van der Waals surface area contributed by atoms with E-state index < -0.39 is 40.5 Å². The predicted octanol–water partition coefficient (Wildman–Crippen LogP) is 3.20. The van der Waals surface area contributed by atoms with Gasteiger partial charge in [0.2, 0.25) is 0 Å². The smallest absolute Gasteiger partial charge is 0.362 e. The molecule has 2 N–H and O–H groups in total. The zero-order chi connectivity index (χ0) is 22.4. The van der Waals surface area contributed by atoms with Crippen molar-refractivity contribution in [2.75, 3.05) is 6.54 Å². The fourth-order valence-corrected chi connectivity index (χ4v) is 4.78. The van der Waals surface area contributed by atoms with Crippen molar-refractivity contribution in [1.29, 1.82) is 0 Å². The minimum Gasteiger partial charge on any atom is -0.544 e. The van der Waals surface area contributed by atoms with E-state index in [9.17, 15) is 29.7 Å². The highest BCUT2D eigenvalue weighted by atomic mass is 16.4. The molecule has 7 heteroatoms. The molecule has 3 atom stereocenters. The summed E-state index contributed by atoms with van der Waals surface area (Å²) in [4.78, 5) is 36.1. The SMILES string of the molecule is CCCCCCCCCC[N+](C(CC)C(=O)[O-])(C(CC)C(=O)O)C(CC)C(=O)O. The summed E-state index contributed by atoms with van der Waals surface area (Å²) >= 11 is 0. The molecule has 0 amide bonds. The molecule has 29 heavy (non-hydrogen) atoms. The van der Waals surface area contributed by atoms with E-state index in [-0.39, 0.29) is 25.8 Å².